The van der Waals surface area contributed by atoms with Gasteiger partial charge in [0, 0.05) is 49.9 Å². The van der Waals surface area contributed by atoms with Crippen molar-refractivity contribution in [3.8, 4) is 5.88 Å². The number of nitrogens with zero attached hydrogens (tertiary/aromatic N) is 3. The Hall–Kier alpha value is -1.42. The molecular weight excluding hydrogens is 473 g/mol. The van der Waals surface area contributed by atoms with Gasteiger partial charge < -0.3 is 15.4 Å². The molecule has 6 nitrogen and oxygen atoms in total. The zero-order valence-corrected chi connectivity index (χ0v) is 19.0. The third-order valence-electron chi connectivity index (χ3n) is 4.23. The van der Waals surface area contributed by atoms with E-state index >= 15 is 0 Å². The minimum Gasteiger partial charge on any atom is -0.477 e. The number of thiazole rings is 1. The third kappa shape index (κ3) is 7.61. The molecule has 0 bridgehead atoms. The quantitative estimate of drug-likeness (QED) is 0.313. The molecule has 0 spiro atoms. The van der Waals surface area contributed by atoms with Crippen LogP contribution in [0, 0.1) is 5.92 Å². The molecule has 2 heterocycles. The molecule has 148 valence electrons. The number of hydrogen-bond acceptors (Lipinski definition) is 5. The van der Waals surface area contributed by atoms with Crippen LogP contribution < -0.4 is 15.4 Å². The zero-order chi connectivity index (χ0) is 18.2. The number of rotatable bonds is 9. The van der Waals surface area contributed by atoms with Crippen LogP contribution in [-0.2, 0) is 19.4 Å². The molecule has 0 aliphatic heterocycles. The fourth-order valence-corrected chi connectivity index (χ4v) is 3.31. The maximum absolute atomic E-state index is 5.74. The minimum absolute atomic E-state index is 0. The normalized spacial score (nSPS) is 13.8. The summed E-state index contributed by atoms with van der Waals surface area (Å²) >= 11 is 1.78. The Morgan fingerprint density at radius 3 is 2.89 bits per heavy atom. The number of ether oxygens (including phenoxy) is 1. The van der Waals surface area contributed by atoms with E-state index in [9.17, 15) is 0 Å². The molecule has 2 aromatic heterocycles. The summed E-state index contributed by atoms with van der Waals surface area (Å²) in [4.78, 5) is 14.3. The highest BCUT2D eigenvalue weighted by atomic mass is 127. The molecule has 2 aromatic rings. The molecule has 1 aliphatic rings. The topological polar surface area (TPSA) is 71.4 Å². The van der Waals surface area contributed by atoms with E-state index in [0.717, 1.165) is 48.4 Å². The van der Waals surface area contributed by atoms with Crippen molar-refractivity contribution in [2.45, 2.75) is 39.2 Å². The fraction of sp³-hybridized carbons (Fsp3) is 0.526. The number of nitrogens with one attached hydrogen (secondary N) is 2. The highest BCUT2D eigenvalue weighted by Crippen LogP contribution is 2.29. The monoisotopic (exact) mass is 501 g/mol. The first kappa shape index (κ1) is 21.9. The maximum atomic E-state index is 5.74. The Balaban J connectivity index is 0.00000261. The second kappa shape index (κ2) is 11.4. The van der Waals surface area contributed by atoms with Crippen molar-refractivity contribution in [3.63, 3.8) is 0 Å². The predicted molar refractivity (Wildman–Crippen MR) is 121 cm³/mol. The van der Waals surface area contributed by atoms with Crippen LogP contribution in [0.3, 0.4) is 0 Å². The average molecular weight is 501 g/mol. The zero-order valence-electron chi connectivity index (χ0n) is 15.9. The van der Waals surface area contributed by atoms with Gasteiger partial charge in [-0.1, -0.05) is 6.92 Å². The van der Waals surface area contributed by atoms with Crippen LogP contribution in [0.4, 0.5) is 0 Å². The minimum atomic E-state index is 0. The molecule has 27 heavy (non-hydrogen) atoms. The summed E-state index contributed by atoms with van der Waals surface area (Å²) in [7, 11) is 1.78. The van der Waals surface area contributed by atoms with Gasteiger partial charge in [0.25, 0.3) is 0 Å². The van der Waals surface area contributed by atoms with E-state index < -0.39 is 0 Å². The van der Waals surface area contributed by atoms with Gasteiger partial charge in [-0.05, 0) is 36.8 Å². The number of guanidine groups is 1. The van der Waals surface area contributed by atoms with Crippen LogP contribution in [0.5, 0.6) is 5.88 Å². The van der Waals surface area contributed by atoms with E-state index in [4.69, 9.17) is 4.74 Å². The summed E-state index contributed by atoms with van der Waals surface area (Å²) < 4.78 is 5.74. The van der Waals surface area contributed by atoms with Gasteiger partial charge in [-0.3, -0.25) is 4.99 Å². The lowest BCUT2D eigenvalue weighted by atomic mass is 10.2. The Bertz CT molecular complexity index is 732. The molecule has 1 aliphatic carbocycles. The van der Waals surface area contributed by atoms with Crippen LogP contribution in [0.1, 0.15) is 35.2 Å². The van der Waals surface area contributed by atoms with Crippen molar-refractivity contribution in [3.05, 3.63) is 40.0 Å². The molecule has 1 saturated carbocycles. The second-order valence-corrected chi connectivity index (χ2v) is 7.63. The lowest BCUT2D eigenvalue weighted by Gasteiger charge is -2.12. The molecule has 0 atom stereocenters. The number of aromatic nitrogens is 2. The first-order valence-corrected chi connectivity index (χ1v) is 10.0. The van der Waals surface area contributed by atoms with Crippen LogP contribution in [-0.4, -0.2) is 36.1 Å². The number of pyridine rings is 1. The van der Waals surface area contributed by atoms with Crippen LogP contribution >= 0.6 is 35.3 Å². The molecule has 0 aromatic carbocycles. The SMILES string of the molecule is CCc1cnc(CCNC(=NC)NCc2ccnc(OCC3CC3)c2)s1.I. The Morgan fingerprint density at radius 2 is 2.19 bits per heavy atom. The van der Waals surface area contributed by atoms with Gasteiger partial charge in [-0.2, -0.15) is 0 Å². The first-order chi connectivity index (χ1) is 12.8. The van der Waals surface area contributed by atoms with Gasteiger partial charge in [-0.25, -0.2) is 9.97 Å². The summed E-state index contributed by atoms with van der Waals surface area (Å²) in [5, 5.41) is 7.83. The smallest absolute Gasteiger partial charge is 0.213 e. The molecule has 0 unspecified atom stereocenters. The summed E-state index contributed by atoms with van der Waals surface area (Å²) in [5.41, 5.74) is 1.13. The van der Waals surface area contributed by atoms with E-state index in [1.807, 2.05) is 18.3 Å². The lowest BCUT2D eigenvalue weighted by molar-refractivity contribution is 0.288. The Morgan fingerprint density at radius 1 is 1.33 bits per heavy atom. The van der Waals surface area contributed by atoms with Crippen molar-refractivity contribution < 1.29 is 4.74 Å². The summed E-state index contributed by atoms with van der Waals surface area (Å²) in [6.07, 6.45) is 8.28. The lowest BCUT2D eigenvalue weighted by Crippen LogP contribution is -2.37. The van der Waals surface area contributed by atoms with E-state index in [1.54, 1.807) is 24.6 Å². The fourth-order valence-electron chi connectivity index (χ4n) is 2.45. The predicted octanol–water partition coefficient (Wildman–Crippen LogP) is 3.42. The first-order valence-electron chi connectivity index (χ1n) is 9.22. The van der Waals surface area contributed by atoms with Gasteiger partial charge >= 0.3 is 0 Å². The highest BCUT2D eigenvalue weighted by molar-refractivity contribution is 14.0. The number of aryl methyl sites for hydroxylation is 1. The van der Waals surface area contributed by atoms with E-state index in [0.29, 0.717) is 12.4 Å². The average Bonchev–Trinajstić information content (AvgIpc) is 3.39. The molecular formula is C19H28IN5OS. The van der Waals surface area contributed by atoms with Crippen molar-refractivity contribution in [1.29, 1.82) is 0 Å². The van der Waals surface area contributed by atoms with Gasteiger partial charge in [-0.15, -0.1) is 35.3 Å². The largest absolute Gasteiger partial charge is 0.477 e. The molecule has 1 fully saturated rings. The molecule has 3 rings (SSSR count). The van der Waals surface area contributed by atoms with Crippen LogP contribution in [0.2, 0.25) is 0 Å². The van der Waals surface area contributed by atoms with E-state index in [1.165, 1.54) is 17.7 Å². The van der Waals surface area contributed by atoms with Gasteiger partial charge in [0.05, 0.1) is 11.6 Å². The van der Waals surface area contributed by atoms with Crippen LogP contribution in [0.25, 0.3) is 0 Å². The second-order valence-electron chi connectivity index (χ2n) is 6.43. The Kier molecular flexibility index (Phi) is 9.26. The summed E-state index contributed by atoms with van der Waals surface area (Å²) in [6, 6.07) is 3.98. The third-order valence-corrected chi connectivity index (χ3v) is 5.43. The summed E-state index contributed by atoms with van der Waals surface area (Å²) in [6.45, 7) is 4.42. The van der Waals surface area contributed by atoms with Crippen molar-refractivity contribution in [2.75, 3.05) is 20.2 Å². The van der Waals surface area contributed by atoms with Crippen molar-refractivity contribution in [1.82, 2.24) is 20.6 Å². The number of hydrogen-bond donors (Lipinski definition) is 2. The van der Waals surface area contributed by atoms with Gasteiger partial charge in [0.2, 0.25) is 5.88 Å². The standard InChI is InChI=1S/C19H27N5OS.HI/c1-3-16-12-23-18(26-16)7-9-22-19(20-2)24-11-15-6-8-21-17(10-15)25-13-14-4-5-14;/h6,8,10,12,14H,3-5,7,9,11,13H2,1-2H3,(H2,20,22,24);1H. The molecule has 0 radical (unpaired) electrons. The highest BCUT2D eigenvalue weighted by Gasteiger charge is 2.22. The Labute approximate surface area is 182 Å². The van der Waals surface area contributed by atoms with Crippen LogP contribution in [0.15, 0.2) is 29.5 Å². The van der Waals surface area contributed by atoms with Gasteiger partial charge in [0.15, 0.2) is 5.96 Å². The van der Waals surface area contributed by atoms with Crippen molar-refractivity contribution >= 4 is 41.3 Å². The van der Waals surface area contributed by atoms with Crippen molar-refractivity contribution in [2.24, 2.45) is 10.9 Å². The molecule has 2 N–H and O–H groups in total. The molecule has 8 heteroatoms. The maximum Gasteiger partial charge on any atom is 0.213 e. The van der Waals surface area contributed by atoms with Gasteiger partial charge in [0.1, 0.15) is 0 Å². The number of aliphatic imine (C=N–C) groups is 1. The summed E-state index contributed by atoms with van der Waals surface area (Å²) in [5.74, 6) is 2.22. The molecule has 0 saturated heterocycles. The molecule has 0 amide bonds. The van der Waals surface area contributed by atoms with E-state index in [-0.39, 0.29) is 24.0 Å². The number of halogens is 1. The van der Waals surface area contributed by atoms with E-state index in [2.05, 4.69) is 32.5 Å².